The Hall–Kier alpha value is -2.77. The smallest absolute Gasteiger partial charge is 0.295 e. The van der Waals surface area contributed by atoms with Crippen LogP contribution in [0.1, 0.15) is 30.0 Å². The first-order chi connectivity index (χ1) is 14.2. The zero-order valence-electron chi connectivity index (χ0n) is 17.4. The lowest BCUT2D eigenvalue weighted by molar-refractivity contribution is -0.140. The predicted molar refractivity (Wildman–Crippen MR) is 114 cm³/mol. The third kappa shape index (κ3) is 4.22. The van der Waals surface area contributed by atoms with Gasteiger partial charge >= 0.3 is 0 Å². The number of benzene rings is 1. The molecule has 1 aliphatic rings. The number of furan rings is 1. The molecule has 1 atom stereocenters. The number of ether oxygens (including phenoxy) is 1. The number of likely N-dealkylation sites (N-methyl/N-ethyl adjacent to an activating group) is 1. The van der Waals surface area contributed by atoms with Gasteiger partial charge in [0.15, 0.2) is 0 Å². The number of Topliss-reactive ketones (excluding diaryl/α,β-unsaturated/α-hetero) is 1. The Labute approximate surface area is 180 Å². The highest BCUT2D eigenvalue weighted by molar-refractivity contribution is 6.47. The molecule has 0 spiro atoms. The maximum Gasteiger partial charge on any atom is 0.295 e. The Morgan fingerprint density at radius 1 is 1.27 bits per heavy atom. The second kappa shape index (κ2) is 8.93. The van der Waals surface area contributed by atoms with E-state index in [0.717, 1.165) is 0 Å². The molecule has 1 N–H and O–H groups in total. The number of amides is 1. The summed E-state index contributed by atoms with van der Waals surface area (Å²) in [7, 11) is 3.75. The fraction of sp³-hybridized carbons (Fsp3) is 0.364. The largest absolute Gasteiger partial charge is 0.507 e. The molecule has 1 aromatic carbocycles. The number of carbonyl (C=O) groups is 2. The van der Waals surface area contributed by atoms with Crippen molar-refractivity contribution in [1.82, 2.24) is 9.80 Å². The van der Waals surface area contributed by atoms with Crippen molar-refractivity contribution >= 4 is 29.1 Å². The highest BCUT2D eigenvalue weighted by Crippen LogP contribution is 2.41. The lowest BCUT2D eigenvalue weighted by atomic mass is 9.99. The first kappa shape index (κ1) is 21.9. The fourth-order valence-corrected chi connectivity index (χ4v) is 3.61. The summed E-state index contributed by atoms with van der Waals surface area (Å²) < 4.78 is 11.2. The van der Waals surface area contributed by atoms with Crippen LogP contribution in [0, 0.1) is 6.92 Å². The van der Waals surface area contributed by atoms with Crippen molar-refractivity contribution in [2.75, 3.05) is 33.8 Å². The van der Waals surface area contributed by atoms with Gasteiger partial charge in [0.2, 0.25) is 0 Å². The molecule has 30 heavy (non-hydrogen) atoms. The molecule has 2 heterocycles. The number of aliphatic hydroxyl groups excluding tert-OH is 1. The van der Waals surface area contributed by atoms with Gasteiger partial charge in [-0.2, -0.15) is 0 Å². The summed E-state index contributed by atoms with van der Waals surface area (Å²) in [4.78, 5) is 29.1. The Morgan fingerprint density at radius 3 is 2.60 bits per heavy atom. The first-order valence-electron chi connectivity index (χ1n) is 9.66. The van der Waals surface area contributed by atoms with Crippen LogP contribution in [-0.2, 0) is 9.59 Å². The maximum atomic E-state index is 12.9. The molecule has 8 heteroatoms. The van der Waals surface area contributed by atoms with Gasteiger partial charge in [-0.05, 0) is 58.3 Å². The molecule has 7 nitrogen and oxygen atoms in total. The van der Waals surface area contributed by atoms with Crippen LogP contribution in [0.2, 0.25) is 5.02 Å². The van der Waals surface area contributed by atoms with Crippen molar-refractivity contribution < 1.29 is 23.8 Å². The molecule has 1 amide bonds. The van der Waals surface area contributed by atoms with Crippen LogP contribution in [0.25, 0.3) is 5.76 Å². The minimum Gasteiger partial charge on any atom is -0.507 e. The number of halogens is 1. The molecule has 1 aliphatic heterocycles. The fourth-order valence-electron chi connectivity index (χ4n) is 3.40. The molecule has 2 aromatic rings. The minimum atomic E-state index is -0.842. The van der Waals surface area contributed by atoms with Gasteiger partial charge in [-0.3, -0.25) is 9.59 Å². The average Bonchev–Trinajstić information content (AvgIpc) is 3.23. The van der Waals surface area contributed by atoms with E-state index in [0.29, 0.717) is 37.0 Å². The van der Waals surface area contributed by atoms with E-state index >= 15 is 0 Å². The zero-order valence-corrected chi connectivity index (χ0v) is 18.2. The molecule has 3 rings (SSSR count). The third-order valence-electron chi connectivity index (χ3n) is 4.86. The van der Waals surface area contributed by atoms with Crippen LogP contribution >= 0.6 is 11.6 Å². The van der Waals surface area contributed by atoms with Crippen LogP contribution in [-0.4, -0.2) is 60.4 Å². The van der Waals surface area contributed by atoms with Crippen LogP contribution in [0.3, 0.4) is 0 Å². The van der Waals surface area contributed by atoms with Gasteiger partial charge in [-0.25, -0.2) is 0 Å². The van der Waals surface area contributed by atoms with Gasteiger partial charge in [0.1, 0.15) is 29.1 Å². The topological polar surface area (TPSA) is 83.2 Å². The van der Waals surface area contributed by atoms with E-state index in [-0.39, 0.29) is 21.9 Å². The van der Waals surface area contributed by atoms with Gasteiger partial charge in [0, 0.05) is 18.7 Å². The molecule has 160 valence electrons. The van der Waals surface area contributed by atoms with Crippen molar-refractivity contribution in [3.63, 3.8) is 0 Å². The number of aryl methyl sites for hydroxylation is 1. The van der Waals surface area contributed by atoms with E-state index in [4.69, 9.17) is 20.8 Å². The normalized spacial score (nSPS) is 18.5. The summed E-state index contributed by atoms with van der Waals surface area (Å²) in [6, 6.07) is 7.43. The van der Waals surface area contributed by atoms with Gasteiger partial charge < -0.3 is 24.1 Å². The molecule has 1 unspecified atom stereocenters. The lowest BCUT2D eigenvalue weighted by Crippen LogP contribution is -2.35. The highest BCUT2D eigenvalue weighted by atomic mass is 35.5. The predicted octanol–water partition coefficient (Wildman–Crippen LogP) is 3.62. The van der Waals surface area contributed by atoms with E-state index < -0.39 is 17.7 Å². The first-order valence-corrected chi connectivity index (χ1v) is 10.0. The number of nitrogens with zero attached hydrogens (tertiary/aromatic N) is 2. The summed E-state index contributed by atoms with van der Waals surface area (Å²) in [6.45, 7) is 4.89. The molecule has 0 radical (unpaired) electrons. The quantitative estimate of drug-likeness (QED) is 0.408. The van der Waals surface area contributed by atoms with Crippen molar-refractivity contribution in [2.24, 2.45) is 0 Å². The SMILES string of the molecule is CCOc1ccc(Cl)c(/C(O)=C2\C(=O)C(=O)N(CCN(C)C)C2c2ccc(C)o2)c1. The van der Waals surface area contributed by atoms with Gasteiger partial charge in [-0.15, -0.1) is 0 Å². The number of hydrogen-bond acceptors (Lipinski definition) is 6. The molecular formula is C22H25ClN2O5. The second-order valence-electron chi connectivity index (χ2n) is 7.32. The third-order valence-corrected chi connectivity index (χ3v) is 5.19. The summed E-state index contributed by atoms with van der Waals surface area (Å²) in [5.41, 5.74) is 0.171. The van der Waals surface area contributed by atoms with E-state index in [1.807, 2.05) is 25.9 Å². The highest BCUT2D eigenvalue weighted by Gasteiger charge is 2.47. The zero-order chi connectivity index (χ0) is 22.0. The monoisotopic (exact) mass is 432 g/mol. The van der Waals surface area contributed by atoms with Crippen LogP contribution < -0.4 is 4.74 Å². The van der Waals surface area contributed by atoms with Gasteiger partial charge in [0.05, 0.1) is 17.2 Å². The molecule has 1 saturated heterocycles. The summed E-state index contributed by atoms with van der Waals surface area (Å²) in [6.07, 6.45) is 0. The van der Waals surface area contributed by atoms with Crippen LogP contribution in [0.4, 0.5) is 0 Å². The molecule has 0 bridgehead atoms. The molecule has 1 fully saturated rings. The number of aliphatic hydroxyl groups is 1. The Balaban J connectivity index is 2.15. The van der Waals surface area contributed by atoms with Crippen molar-refractivity contribution in [2.45, 2.75) is 19.9 Å². The maximum absolute atomic E-state index is 12.9. The molecule has 0 aliphatic carbocycles. The van der Waals surface area contributed by atoms with E-state index in [2.05, 4.69) is 0 Å². The van der Waals surface area contributed by atoms with Crippen LogP contribution in [0.5, 0.6) is 5.75 Å². The Morgan fingerprint density at radius 2 is 2.00 bits per heavy atom. The molecule has 0 saturated carbocycles. The van der Waals surface area contributed by atoms with Crippen molar-refractivity contribution in [3.05, 3.63) is 58.0 Å². The average molecular weight is 433 g/mol. The van der Waals surface area contributed by atoms with Gasteiger partial charge in [-0.1, -0.05) is 11.6 Å². The van der Waals surface area contributed by atoms with E-state index in [1.54, 1.807) is 37.3 Å². The Bertz CT molecular complexity index is 995. The number of hydrogen-bond donors (Lipinski definition) is 1. The van der Waals surface area contributed by atoms with Crippen molar-refractivity contribution in [3.8, 4) is 5.75 Å². The minimum absolute atomic E-state index is 0.0522. The van der Waals surface area contributed by atoms with Gasteiger partial charge in [0.25, 0.3) is 11.7 Å². The Kier molecular flexibility index (Phi) is 6.53. The number of likely N-dealkylation sites (tertiary alicyclic amines) is 1. The van der Waals surface area contributed by atoms with Crippen molar-refractivity contribution in [1.29, 1.82) is 0 Å². The summed E-state index contributed by atoms with van der Waals surface area (Å²) in [5, 5.41) is 11.3. The summed E-state index contributed by atoms with van der Waals surface area (Å²) >= 11 is 6.30. The number of rotatable bonds is 7. The standard InChI is InChI=1S/C22H25ClN2O5/c1-5-29-14-7-8-16(23)15(12-14)20(26)18-19(17-9-6-13(2)30-17)25(11-10-24(3)4)22(28)21(18)27/h6-9,12,19,26H,5,10-11H2,1-4H3/b20-18+. The summed E-state index contributed by atoms with van der Waals surface area (Å²) in [5.74, 6) is -0.275. The lowest BCUT2D eigenvalue weighted by Gasteiger charge is -2.24. The second-order valence-corrected chi connectivity index (χ2v) is 7.73. The molecule has 1 aromatic heterocycles. The number of ketones is 1. The molecular weight excluding hydrogens is 408 g/mol. The van der Waals surface area contributed by atoms with E-state index in [1.165, 1.54) is 4.90 Å². The number of carbonyl (C=O) groups excluding carboxylic acids is 2. The van der Waals surface area contributed by atoms with Crippen LogP contribution in [0.15, 0.2) is 40.3 Å². The van der Waals surface area contributed by atoms with E-state index in [9.17, 15) is 14.7 Å².